The fraction of sp³-hybridized carbons (Fsp3) is 0.600. The van der Waals surface area contributed by atoms with Crippen LogP contribution in [0.1, 0.15) is 37.4 Å². The molecule has 84 valence electrons. The first-order valence-corrected chi connectivity index (χ1v) is 5.35. The molecule has 2 rings (SSSR count). The predicted octanol–water partition coefficient (Wildman–Crippen LogP) is 0.833. The third kappa shape index (κ3) is 2.19. The highest BCUT2D eigenvalue weighted by Gasteiger charge is 2.25. The fourth-order valence-electron chi connectivity index (χ4n) is 2.15. The first-order valence-electron chi connectivity index (χ1n) is 5.35. The van der Waals surface area contributed by atoms with Crippen LogP contribution < -0.4 is 11.5 Å². The molecule has 0 aliphatic heterocycles. The average molecular weight is 218 g/mol. The van der Waals surface area contributed by atoms with Crippen molar-refractivity contribution in [2.45, 2.75) is 31.6 Å². The largest absolute Gasteiger partial charge is 0.368 e. The van der Waals surface area contributed by atoms with E-state index in [9.17, 15) is 0 Å². The third-order valence-electron chi connectivity index (χ3n) is 2.91. The van der Waals surface area contributed by atoms with Crippen LogP contribution in [0.4, 0.5) is 11.9 Å². The van der Waals surface area contributed by atoms with Gasteiger partial charge >= 0.3 is 0 Å². The Balaban J connectivity index is 2.20. The summed E-state index contributed by atoms with van der Waals surface area (Å²) >= 11 is 0. The van der Waals surface area contributed by atoms with Gasteiger partial charge in [-0.25, -0.2) is 0 Å². The van der Waals surface area contributed by atoms with E-state index in [-0.39, 0.29) is 23.7 Å². The van der Waals surface area contributed by atoms with Crippen molar-refractivity contribution in [3.63, 3.8) is 0 Å². The molecule has 0 amide bonds. The van der Waals surface area contributed by atoms with Crippen LogP contribution in [0.2, 0.25) is 0 Å². The van der Waals surface area contributed by atoms with E-state index in [1.54, 1.807) is 0 Å². The molecule has 1 aliphatic rings. The summed E-state index contributed by atoms with van der Waals surface area (Å²) in [5.74, 6) is 1.22. The minimum Gasteiger partial charge on any atom is -0.368 e. The Morgan fingerprint density at radius 2 is 1.81 bits per heavy atom. The minimum atomic E-state index is 0.0953. The van der Waals surface area contributed by atoms with Crippen LogP contribution in [0.25, 0.3) is 0 Å². The van der Waals surface area contributed by atoms with Crippen LogP contribution in [-0.2, 0) is 0 Å². The van der Waals surface area contributed by atoms with Gasteiger partial charge in [-0.2, -0.15) is 20.2 Å². The Morgan fingerprint density at radius 1 is 1.12 bits per heavy atom. The molecule has 1 aromatic heterocycles. The topological polar surface area (TPSA) is 114 Å². The van der Waals surface area contributed by atoms with Crippen molar-refractivity contribution in [1.29, 1.82) is 5.26 Å². The van der Waals surface area contributed by atoms with Gasteiger partial charge in [-0.1, -0.05) is 6.42 Å². The Bertz CT molecular complexity index is 404. The van der Waals surface area contributed by atoms with E-state index < -0.39 is 0 Å². The lowest BCUT2D eigenvalue weighted by atomic mass is 9.82. The molecular formula is C10H14N6. The van der Waals surface area contributed by atoms with Crippen LogP contribution in [-0.4, -0.2) is 15.0 Å². The van der Waals surface area contributed by atoms with E-state index in [0.29, 0.717) is 5.82 Å². The summed E-state index contributed by atoms with van der Waals surface area (Å²) in [5.41, 5.74) is 11.1. The zero-order valence-corrected chi connectivity index (χ0v) is 8.93. The van der Waals surface area contributed by atoms with Crippen LogP contribution in [0, 0.1) is 17.2 Å². The molecule has 1 aliphatic carbocycles. The van der Waals surface area contributed by atoms with Gasteiger partial charge < -0.3 is 11.5 Å². The molecular weight excluding hydrogens is 204 g/mol. The Hall–Kier alpha value is -1.90. The van der Waals surface area contributed by atoms with Gasteiger partial charge in [0.05, 0.1) is 6.07 Å². The summed E-state index contributed by atoms with van der Waals surface area (Å²) in [5, 5.41) is 8.91. The van der Waals surface area contributed by atoms with E-state index in [0.717, 1.165) is 25.7 Å². The van der Waals surface area contributed by atoms with E-state index in [4.69, 9.17) is 16.7 Å². The van der Waals surface area contributed by atoms with E-state index in [1.807, 2.05) is 0 Å². The van der Waals surface area contributed by atoms with Gasteiger partial charge in [0.1, 0.15) is 5.82 Å². The van der Waals surface area contributed by atoms with Crippen molar-refractivity contribution in [3.05, 3.63) is 5.82 Å². The number of anilines is 2. The van der Waals surface area contributed by atoms with Gasteiger partial charge in [-0.05, 0) is 19.3 Å². The summed E-state index contributed by atoms with van der Waals surface area (Å²) in [6.07, 6.45) is 3.76. The second kappa shape index (κ2) is 4.31. The predicted molar refractivity (Wildman–Crippen MR) is 59.0 cm³/mol. The number of nitrogens with two attached hydrogens (primary N) is 2. The van der Waals surface area contributed by atoms with Crippen molar-refractivity contribution in [2.24, 2.45) is 5.92 Å². The van der Waals surface area contributed by atoms with Gasteiger partial charge in [0.25, 0.3) is 0 Å². The van der Waals surface area contributed by atoms with Gasteiger partial charge in [-0.3, -0.25) is 0 Å². The second-order valence-corrected chi connectivity index (χ2v) is 4.10. The first kappa shape index (κ1) is 10.6. The van der Waals surface area contributed by atoms with Crippen LogP contribution >= 0.6 is 0 Å². The Kier molecular flexibility index (Phi) is 2.86. The quantitative estimate of drug-likeness (QED) is 0.721. The summed E-state index contributed by atoms with van der Waals surface area (Å²) in [4.78, 5) is 11.9. The minimum absolute atomic E-state index is 0.0953. The number of nitrogens with zero attached hydrogens (tertiary/aromatic N) is 4. The monoisotopic (exact) mass is 218 g/mol. The molecule has 0 saturated heterocycles. The molecule has 0 bridgehead atoms. The number of nitriles is 1. The van der Waals surface area contributed by atoms with Crippen molar-refractivity contribution in [2.75, 3.05) is 11.5 Å². The maximum Gasteiger partial charge on any atom is 0.225 e. The molecule has 6 nitrogen and oxygen atoms in total. The van der Waals surface area contributed by atoms with Crippen LogP contribution in [0.15, 0.2) is 0 Å². The lowest BCUT2D eigenvalue weighted by Gasteiger charge is -2.23. The maximum atomic E-state index is 8.91. The van der Waals surface area contributed by atoms with Gasteiger partial charge in [0.15, 0.2) is 0 Å². The molecule has 1 saturated carbocycles. The summed E-state index contributed by atoms with van der Waals surface area (Å²) < 4.78 is 0. The van der Waals surface area contributed by atoms with E-state index in [1.165, 1.54) is 0 Å². The van der Waals surface area contributed by atoms with Gasteiger partial charge in [0, 0.05) is 11.8 Å². The summed E-state index contributed by atoms with van der Waals surface area (Å²) in [7, 11) is 0. The highest BCUT2D eigenvalue weighted by Crippen LogP contribution is 2.34. The second-order valence-electron chi connectivity index (χ2n) is 4.10. The zero-order chi connectivity index (χ0) is 11.5. The van der Waals surface area contributed by atoms with Gasteiger partial charge in [-0.15, -0.1) is 0 Å². The highest BCUT2D eigenvalue weighted by atomic mass is 15.1. The van der Waals surface area contributed by atoms with Crippen molar-refractivity contribution in [3.8, 4) is 6.07 Å². The van der Waals surface area contributed by atoms with Crippen LogP contribution in [0.3, 0.4) is 0 Å². The highest BCUT2D eigenvalue weighted by molar-refractivity contribution is 5.27. The lowest BCUT2D eigenvalue weighted by molar-refractivity contribution is 0.368. The molecule has 0 aromatic carbocycles. The maximum absolute atomic E-state index is 8.91. The molecule has 1 aromatic rings. The molecule has 6 heteroatoms. The number of hydrogen-bond donors (Lipinski definition) is 2. The molecule has 2 atom stereocenters. The summed E-state index contributed by atoms with van der Waals surface area (Å²) in [6, 6.07) is 2.30. The van der Waals surface area contributed by atoms with E-state index in [2.05, 4.69) is 21.0 Å². The standard InChI is InChI=1S/C10H14N6/c11-5-6-2-1-3-7(4-6)8-14-9(12)16-10(13)15-8/h6-7H,1-4H2,(H4,12,13,14,15,16). The number of nitrogen functional groups attached to an aromatic ring is 2. The van der Waals surface area contributed by atoms with Crippen molar-refractivity contribution in [1.82, 2.24) is 15.0 Å². The molecule has 2 unspecified atom stereocenters. The Morgan fingerprint density at radius 3 is 2.44 bits per heavy atom. The molecule has 16 heavy (non-hydrogen) atoms. The molecule has 0 radical (unpaired) electrons. The number of rotatable bonds is 1. The van der Waals surface area contributed by atoms with E-state index >= 15 is 0 Å². The van der Waals surface area contributed by atoms with Crippen molar-refractivity contribution < 1.29 is 0 Å². The van der Waals surface area contributed by atoms with Gasteiger partial charge in [0.2, 0.25) is 11.9 Å². The zero-order valence-electron chi connectivity index (χ0n) is 8.93. The number of aromatic nitrogens is 3. The summed E-state index contributed by atoms with van der Waals surface area (Å²) in [6.45, 7) is 0. The van der Waals surface area contributed by atoms with Crippen molar-refractivity contribution >= 4 is 11.9 Å². The normalized spacial score (nSPS) is 24.9. The smallest absolute Gasteiger partial charge is 0.225 e. The van der Waals surface area contributed by atoms with Crippen LogP contribution in [0.5, 0.6) is 0 Å². The number of hydrogen-bond acceptors (Lipinski definition) is 6. The SMILES string of the molecule is N#CC1CCCC(c2nc(N)nc(N)n2)C1. The fourth-order valence-corrected chi connectivity index (χ4v) is 2.15. The molecule has 1 heterocycles. The molecule has 1 fully saturated rings. The molecule has 0 spiro atoms. The first-order chi connectivity index (χ1) is 7.69. The lowest BCUT2D eigenvalue weighted by Crippen LogP contribution is -2.17. The third-order valence-corrected chi connectivity index (χ3v) is 2.91. The average Bonchev–Trinajstić information content (AvgIpc) is 2.28. The Labute approximate surface area is 93.7 Å². The molecule has 4 N–H and O–H groups in total.